The Kier molecular flexibility index (Phi) is 6.15. The van der Waals surface area contributed by atoms with Crippen molar-refractivity contribution < 1.29 is 24.2 Å². The van der Waals surface area contributed by atoms with Crippen molar-refractivity contribution in [3.8, 4) is 0 Å². The maximum Gasteiger partial charge on any atom is 0.326 e. The number of methoxy groups -OCH3 is 1. The third-order valence-corrected chi connectivity index (χ3v) is 2.61. The molecule has 1 aromatic heterocycles. The zero-order valence-corrected chi connectivity index (χ0v) is 11.0. The van der Waals surface area contributed by atoms with Crippen molar-refractivity contribution in [3.63, 3.8) is 0 Å². The summed E-state index contributed by atoms with van der Waals surface area (Å²) in [6.45, 7) is 0. The van der Waals surface area contributed by atoms with Gasteiger partial charge in [-0.1, -0.05) is 0 Å². The highest BCUT2D eigenvalue weighted by Gasteiger charge is 2.21. The number of pyridine rings is 1. The second-order valence-electron chi connectivity index (χ2n) is 4.11. The average molecular weight is 280 g/mol. The van der Waals surface area contributed by atoms with E-state index in [9.17, 15) is 14.4 Å². The minimum Gasteiger partial charge on any atom is -0.480 e. The molecule has 7 nitrogen and oxygen atoms in total. The monoisotopic (exact) mass is 280 g/mol. The summed E-state index contributed by atoms with van der Waals surface area (Å²) >= 11 is 0. The number of ether oxygens (including phenoxy) is 1. The van der Waals surface area contributed by atoms with Crippen LogP contribution in [0.3, 0.4) is 0 Å². The van der Waals surface area contributed by atoms with Gasteiger partial charge in [0.2, 0.25) is 5.91 Å². The quantitative estimate of drug-likeness (QED) is 0.688. The average Bonchev–Trinajstić information content (AvgIpc) is 2.43. The number of nitrogens with zero attached hydrogens (tertiary/aromatic N) is 1. The van der Waals surface area contributed by atoms with Crippen LogP contribution in [-0.4, -0.2) is 41.1 Å². The van der Waals surface area contributed by atoms with Gasteiger partial charge in [-0.2, -0.15) is 0 Å². The molecule has 0 aliphatic heterocycles. The number of carboxylic acids is 1. The SMILES string of the molecule is COC(=O)CC[C@@H](NC(=O)Cc1ccncc1)C(=O)O. The molecule has 2 N–H and O–H groups in total. The van der Waals surface area contributed by atoms with Gasteiger partial charge in [0, 0.05) is 18.8 Å². The van der Waals surface area contributed by atoms with Crippen LogP contribution in [0.1, 0.15) is 18.4 Å². The molecule has 0 spiro atoms. The van der Waals surface area contributed by atoms with Crippen molar-refractivity contribution in [2.75, 3.05) is 7.11 Å². The zero-order valence-electron chi connectivity index (χ0n) is 11.0. The fourth-order valence-corrected chi connectivity index (χ4v) is 1.55. The van der Waals surface area contributed by atoms with Gasteiger partial charge in [-0.05, 0) is 24.1 Å². The first-order valence-corrected chi connectivity index (χ1v) is 6.01. The molecule has 108 valence electrons. The lowest BCUT2D eigenvalue weighted by Crippen LogP contribution is -2.41. The maximum absolute atomic E-state index is 11.7. The number of esters is 1. The van der Waals surface area contributed by atoms with Crippen LogP contribution in [0.4, 0.5) is 0 Å². The Labute approximate surface area is 116 Å². The summed E-state index contributed by atoms with van der Waals surface area (Å²) < 4.78 is 4.43. The molecule has 7 heteroatoms. The number of carbonyl (C=O) groups excluding carboxylic acids is 2. The van der Waals surface area contributed by atoms with Crippen molar-refractivity contribution in [2.24, 2.45) is 0 Å². The topological polar surface area (TPSA) is 106 Å². The summed E-state index contributed by atoms with van der Waals surface area (Å²) in [6.07, 6.45) is 3.08. The van der Waals surface area contributed by atoms with Gasteiger partial charge in [0.05, 0.1) is 13.5 Å². The molecule has 0 unspecified atom stereocenters. The van der Waals surface area contributed by atoms with E-state index in [0.29, 0.717) is 0 Å². The summed E-state index contributed by atoms with van der Waals surface area (Å²) in [5.74, 6) is -2.12. The van der Waals surface area contributed by atoms with Crippen molar-refractivity contribution >= 4 is 17.8 Å². The Morgan fingerprint density at radius 2 is 2.00 bits per heavy atom. The van der Waals surface area contributed by atoms with E-state index in [2.05, 4.69) is 15.0 Å². The third kappa shape index (κ3) is 5.47. The van der Waals surface area contributed by atoms with Gasteiger partial charge in [0.25, 0.3) is 0 Å². The molecule has 0 saturated carbocycles. The molecular formula is C13H16N2O5. The summed E-state index contributed by atoms with van der Waals surface area (Å²) in [5, 5.41) is 11.4. The maximum atomic E-state index is 11.7. The number of aromatic nitrogens is 1. The molecule has 1 heterocycles. The smallest absolute Gasteiger partial charge is 0.326 e. The van der Waals surface area contributed by atoms with Gasteiger partial charge >= 0.3 is 11.9 Å². The first kappa shape index (κ1) is 15.6. The van der Waals surface area contributed by atoms with E-state index >= 15 is 0 Å². The second-order valence-corrected chi connectivity index (χ2v) is 4.11. The lowest BCUT2D eigenvalue weighted by molar-refractivity contribution is -0.144. The Morgan fingerprint density at radius 3 is 2.55 bits per heavy atom. The van der Waals surface area contributed by atoms with Gasteiger partial charge in [-0.3, -0.25) is 14.6 Å². The minimum absolute atomic E-state index is 0.00983. The highest BCUT2D eigenvalue weighted by molar-refractivity contribution is 5.85. The molecule has 0 fully saturated rings. The Hall–Kier alpha value is -2.44. The van der Waals surface area contributed by atoms with Gasteiger partial charge in [-0.25, -0.2) is 4.79 Å². The van der Waals surface area contributed by atoms with Crippen molar-refractivity contribution in [3.05, 3.63) is 30.1 Å². The van der Waals surface area contributed by atoms with E-state index in [0.717, 1.165) is 5.56 Å². The fraction of sp³-hybridized carbons (Fsp3) is 0.385. The van der Waals surface area contributed by atoms with E-state index in [-0.39, 0.29) is 19.3 Å². The van der Waals surface area contributed by atoms with Gasteiger partial charge in [0.15, 0.2) is 0 Å². The predicted molar refractivity (Wildman–Crippen MR) is 68.8 cm³/mol. The standard InChI is InChI=1S/C13H16N2O5/c1-20-12(17)3-2-10(13(18)19)15-11(16)8-9-4-6-14-7-5-9/h4-7,10H,2-3,8H2,1H3,(H,15,16)(H,18,19)/t10-/m1/s1. The molecule has 0 radical (unpaired) electrons. The third-order valence-electron chi connectivity index (χ3n) is 2.61. The molecule has 1 aromatic rings. The summed E-state index contributed by atoms with van der Waals surface area (Å²) in [6, 6.07) is 2.23. The molecule has 0 bridgehead atoms. The Morgan fingerprint density at radius 1 is 1.35 bits per heavy atom. The number of rotatable bonds is 7. The van der Waals surface area contributed by atoms with Crippen LogP contribution >= 0.6 is 0 Å². The molecular weight excluding hydrogens is 264 g/mol. The number of carboxylic acid groups (broad SMARTS) is 1. The Bertz CT molecular complexity index is 475. The summed E-state index contributed by atoms with van der Waals surface area (Å²) in [4.78, 5) is 37.5. The largest absolute Gasteiger partial charge is 0.480 e. The van der Waals surface area contributed by atoms with Crippen molar-refractivity contribution in [2.45, 2.75) is 25.3 Å². The number of aliphatic carboxylic acids is 1. The van der Waals surface area contributed by atoms with Crippen molar-refractivity contribution in [1.82, 2.24) is 10.3 Å². The first-order chi connectivity index (χ1) is 9.52. The molecule has 20 heavy (non-hydrogen) atoms. The molecule has 0 aliphatic rings. The molecule has 0 aliphatic carbocycles. The molecule has 0 aromatic carbocycles. The fourth-order valence-electron chi connectivity index (χ4n) is 1.55. The van der Waals surface area contributed by atoms with Crippen LogP contribution in [0.25, 0.3) is 0 Å². The minimum atomic E-state index is -1.18. The zero-order chi connectivity index (χ0) is 15.0. The normalized spacial score (nSPS) is 11.4. The van der Waals surface area contributed by atoms with Gasteiger partial charge in [0.1, 0.15) is 6.04 Å². The van der Waals surface area contributed by atoms with Crippen LogP contribution in [0.5, 0.6) is 0 Å². The molecule has 1 amide bonds. The lowest BCUT2D eigenvalue weighted by atomic mass is 10.1. The lowest BCUT2D eigenvalue weighted by Gasteiger charge is -2.13. The molecule has 1 rings (SSSR count). The predicted octanol–water partition coefficient (Wildman–Crippen LogP) is 0.147. The molecule has 1 atom stereocenters. The van der Waals surface area contributed by atoms with E-state index in [1.165, 1.54) is 7.11 Å². The van der Waals surface area contributed by atoms with E-state index in [4.69, 9.17) is 5.11 Å². The van der Waals surface area contributed by atoms with Crippen LogP contribution in [0.2, 0.25) is 0 Å². The number of hydrogen-bond donors (Lipinski definition) is 2. The van der Waals surface area contributed by atoms with Crippen molar-refractivity contribution in [1.29, 1.82) is 0 Å². The number of carbonyl (C=O) groups is 3. The number of hydrogen-bond acceptors (Lipinski definition) is 5. The van der Waals surface area contributed by atoms with Crippen LogP contribution < -0.4 is 5.32 Å². The number of amides is 1. The Balaban J connectivity index is 2.50. The van der Waals surface area contributed by atoms with E-state index in [1.807, 2.05) is 0 Å². The van der Waals surface area contributed by atoms with Crippen LogP contribution in [0.15, 0.2) is 24.5 Å². The number of nitrogens with one attached hydrogen (secondary N) is 1. The molecule has 0 saturated heterocycles. The second kappa shape index (κ2) is 7.88. The summed E-state index contributed by atoms with van der Waals surface area (Å²) in [5.41, 5.74) is 0.731. The highest BCUT2D eigenvalue weighted by atomic mass is 16.5. The van der Waals surface area contributed by atoms with E-state index < -0.39 is 23.9 Å². The summed E-state index contributed by atoms with van der Waals surface area (Å²) in [7, 11) is 1.22. The van der Waals surface area contributed by atoms with E-state index in [1.54, 1.807) is 24.5 Å². The van der Waals surface area contributed by atoms with Crippen LogP contribution in [0, 0.1) is 0 Å². The first-order valence-electron chi connectivity index (χ1n) is 6.01. The van der Waals surface area contributed by atoms with Crippen LogP contribution in [-0.2, 0) is 25.5 Å². The van der Waals surface area contributed by atoms with Gasteiger partial charge in [-0.15, -0.1) is 0 Å². The highest BCUT2D eigenvalue weighted by Crippen LogP contribution is 2.02. The van der Waals surface area contributed by atoms with Gasteiger partial charge < -0.3 is 15.2 Å².